The lowest BCUT2D eigenvalue weighted by atomic mass is 10.2. The first kappa shape index (κ1) is 11.6. The molecule has 0 heterocycles. The Bertz CT molecular complexity index is 475. The van der Waals surface area contributed by atoms with Crippen LogP contribution in [0, 0.1) is 17.7 Å². The molecule has 1 aliphatic rings. The number of halogens is 1. The Labute approximate surface area is 97.7 Å². The number of carbonyl (C=O) groups is 2. The van der Waals surface area contributed by atoms with E-state index in [1.807, 2.05) is 0 Å². The average molecular weight is 237 g/mol. The fraction of sp³-hybridized carbons (Fsp3) is 0.333. The monoisotopic (exact) mass is 237 g/mol. The van der Waals surface area contributed by atoms with Gasteiger partial charge in [0.05, 0.1) is 11.8 Å². The largest absolute Gasteiger partial charge is 0.481 e. The maximum Gasteiger partial charge on any atom is 0.307 e. The molecule has 2 unspecified atom stereocenters. The zero-order valence-corrected chi connectivity index (χ0v) is 9.26. The van der Waals surface area contributed by atoms with Crippen molar-refractivity contribution in [1.82, 2.24) is 0 Å². The molecule has 0 aliphatic heterocycles. The van der Waals surface area contributed by atoms with E-state index < -0.39 is 23.6 Å². The number of benzene rings is 1. The minimum Gasteiger partial charge on any atom is -0.481 e. The standard InChI is InChI=1S/C12H12FNO3/c1-14(8-4-2-3-7(13)5-8)11(15)9-6-10(9)12(16)17/h2-5,9-10H,6H2,1H3,(H,16,17). The van der Waals surface area contributed by atoms with Crippen LogP contribution in [-0.2, 0) is 9.59 Å². The number of aliphatic carboxylic acids is 1. The number of carboxylic acid groups (broad SMARTS) is 1. The molecule has 2 atom stereocenters. The Morgan fingerprint density at radius 2 is 2.12 bits per heavy atom. The minimum absolute atomic E-state index is 0.275. The maximum absolute atomic E-state index is 13.0. The van der Waals surface area contributed by atoms with Crippen LogP contribution in [0.4, 0.5) is 10.1 Å². The van der Waals surface area contributed by atoms with E-state index in [1.54, 1.807) is 6.07 Å². The van der Waals surface area contributed by atoms with E-state index in [0.717, 1.165) is 0 Å². The maximum atomic E-state index is 13.0. The van der Waals surface area contributed by atoms with Crippen LogP contribution in [-0.4, -0.2) is 24.0 Å². The van der Waals surface area contributed by atoms with Gasteiger partial charge in [-0.25, -0.2) is 4.39 Å². The minimum atomic E-state index is -0.948. The number of anilines is 1. The van der Waals surface area contributed by atoms with Crippen molar-refractivity contribution in [2.45, 2.75) is 6.42 Å². The molecular weight excluding hydrogens is 225 g/mol. The number of carboxylic acids is 1. The molecule has 2 rings (SSSR count). The lowest BCUT2D eigenvalue weighted by Crippen LogP contribution is -2.29. The highest BCUT2D eigenvalue weighted by atomic mass is 19.1. The predicted octanol–water partition coefficient (Wildman–Crippen LogP) is 1.51. The first-order valence-corrected chi connectivity index (χ1v) is 5.26. The Balaban J connectivity index is 2.09. The summed E-state index contributed by atoms with van der Waals surface area (Å²) < 4.78 is 13.0. The molecule has 1 aliphatic carbocycles. The molecular formula is C12H12FNO3. The van der Waals surface area contributed by atoms with Gasteiger partial charge < -0.3 is 10.0 Å². The molecule has 1 N–H and O–H groups in total. The fourth-order valence-electron chi connectivity index (χ4n) is 1.80. The molecule has 5 heteroatoms. The Morgan fingerprint density at radius 3 is 2.65 bits per heavy atom. The van der Waals surface area contributed by atoms with Crippen LogP contribution in [0.15, 0.2) is 24.3 Å². The summed E-state index contributed by atoms with van der Waals surface area (Å²) in [5.41, 5.74) is 0.436. The van der Waals surface area contributed by atoms with Crippen molar-refractivity contribution in [2.75, 3.05) is 11.9 Å². The van der Waals surface area contributed by atoms with Gasteiger partial charge in [0.2, 0.25) is 5.91 Å². The lowest BCUT2D eigenvalue weighted by molar-refractivity contribution is -0.139. The van der Waals surface area contributed by atoms with Crippen molar-refractivity contribution in [2.24, 2.45) is 11.8 Å². The third kappa shape index (κ3) is 2.27. The quantitative estimate of drug-likeness (QED) is 0.866. The Hall–Kier alpha value is -1.91. The highest BCUT2D eigenvalue weighted by Gasteiger charge is 2.49. The van der Waals surface area contributed by atoms with Crippen LogP contribution in [0.3, 0.4) is 0 Å². The van der Waals surface area contributed by atoms with Crippen LogP contribution >= 0.6 is 0 Å². The van der Waals surface area contributed by atoms with Gasteiger partial charge in [-0.3, -0.25) is 9.59 Å². The van der Waals surface area contributed by atoms with Gasteiger partial charge in [-0.1, -0.05) is 6.07 Å². The highest BCUT2D eigenvalue weighted by molar-refractivity contribution is 5.99. The molecule has 1 saturated carbocycles. The number of nitrogens with zero attached hydrogens (tertiary/aromatic N) is 1. The van der Waals surface area contributed by atoms with Gasteiger partial charge in [0.1, 0.15) is 5.82 Å². The second-order valence-electron chi connectivity index (χ2n) is 4.16. The topological polar surface area (TPSA) is 57.6 Å². The SMILES string of the molecule is CN(C(=O)C1CC1C(=O)O)c1cccc(F)c1. The zero-order valence-electron chi connectivity index (χ0n) is 9.26. The first-order chi connectivity index (χ1) is 8.00. The number of rotatable bonds is 3. The number of carbonyl (C=O) groups excluding carboxylic acids is 1. The van der Waals surface area contributed by atoms with E-state index in [4.69, 9.17) is 5.11 Å². The van der Waals surface area contributed by atoms with E-state index in [9.17, 15) is 14.0 Å². The van der Waals surface area contributed by atoms with Crippen LogP contribution in [0.5, 0.6) is 0 Å². The van der Waals surface area contributed by atoms with Gasteiger partial charge in [-0.2, -0.15) is 0 Å². The Morgan fingerprint density at radius 1 is 1.41 bits per heavy atom. The van der Waals surface area contributed by atoms with Gasteiger partial charge in [0.25, 0.3) is 0 Å². The lowest BCUT2D eigenvalue weighted by Gasteiger charge is -2.17. The molecule has 1 aromatic rings. The molecule has 0 radical (unpaired) electrons. The normalized spacial score (nSPS) is 22.0. The molecule has 0 bridgehead atoms. The molecule has 90 valence electrons. The molecule has 17 heavy (non-hydrogen) atoms. The summed E-state index contributed by atoms with van der Waals surface area (Å²) in [4.78, 5) is 23.8. The second kappa shape index (κ2) is 4.16. The third-order valence-corrected chi connectivity index (χ3v) is 2.95. The zero-order chi connectivity index (χ0) is 12.6. The van der Waals surface area contributed by atoms with Gasteiger partial charge in [0, 0.05) is 12.7 Å². The summed E-state index contributed by atoms with van der Waals surface area (Å²) in [5.74, 6) is -2.70. The van der Waals surface area contributed by atoms with Crippen molar-refractivity contribution < 1.29 is 19.1 Å². The van der Waals surface area contributed by atoms with Gasteiger partial charge in [0.15, 0.2) is 0 Å². The van der Waals surface area contributed by atoms with E-state index in [0.29, 0.717) is 12.1 Å². The molecule has 0 saturated heterocycles. The smallest absolute Gasteiger partial charge is 0.307 e. The summed E-state index contributed by atoms with van der Waals surface area (Å²) in [5, 5.41) is 8.74. The van der Waals surface area contributed by atoms with Crippen molar-refractivity contribution in [3.8, 4) is 0 Å². The van der Waals surface area contributed by atoms with Crippen LogP contribution in [0.25, 0.3) is 0 Å². The number of amides is 1. The summed E-state index contributed by atoms with van der Waals surface area (Å²) >= 11 is 0. The summed E-state index contributed by atoms with van der Waals surface area (Å²) in [6.07, 6.45) is 0.369. The average Bonchev–Trinajstić information content (AvgIpc) is 3.07. The van der Waals surface area contributed by atoms with Crippen molar-refractivity contribution in [1.29, 1.82) is 0 Å². The molecule has 1 aromatic carbocycles. The summed E-state index contributed by atoms with van der Waals surface area (Å²) in [7, 11) is 1.52. The van der Waals surface area contributed by atoms with E-state index in [-0.39, 0.29) is 5.91 Å². The summed E-state index contributed by atoms with van der Waals surface area (Å²) in [6.45, 7) is 0. The molecule has 0 spiro atoms. The van der Waals surface area contributed by atoms with Crippen molar-refractivity contribution in [3.05, 3.63) is 30.1 Å². The molecule has 1 fully saturated rings. The summed E-state index contributed by atoms with van der Waals surface area (Å²) in [6, 6.07) is 5.66. The van der Waals surface area contributed by atoms with E-state index >= 15 is 0 Å². The van der Waals surface area contributed by atoms with Crippen molar-refractivity contribution in [3.63, 3.8) is 0 Å². The second-order valence-corrected chi connectivity index (χ2v) is 4.16. The van der Waals surface area contributed by atoms with E-state index in [2.05, 4.69) is 0 Å². The number of hydrogen-bond acceptors (Lipinski definition) is 2. The molecule has 4 nitrogen and oxygen atoms in total. The van der Waals surface area contributed by atoms with Crippen molar-refractivity contribution >= 4 is 17.6 Å². The van der Waals surface area contributed by atoms with Gasteiger partial charge in [-0.05, 0) is 24.6 Å². The molecule has 1 amide bonds. The third-order valence-electron chi connectivity index (χ3n) is 2.95. The van der Waals surface area contributed by atoms with Crippen LogP contribution < -0.4 is 4.90 Å². The fourth-order valence-corrected chi connectivity index (χ4v) is 1.80. The first-order valence-electron chi connectivity index (χ1n) is 5.26. The van der Waals surface area contributed by atoms with Crippen LogP contribution in [0.1, 0.15) is 6.42 Å². The van der Waals surface area contributed by atoms with Gasteiger partial charge in [-0.15, -0.1) is 0 Å². The van der Waals surface area contributed by atoms with Gasteiger partial charge >= 0.3 is 5.97 Å². The predicted molar refractivity (Wildman–Crippen MR) is 59.0 cm³/mol. The highest BCUT2D eigenvalue weighted by Crippen LogP contribution is 2.40. The Kier molecular flexibility index (Phi) is 2.83. The van der Waals surface area contributed by atoms with E-state index in [1.165, 1.54) is 30.1 Å². The van der Waals surface area contributed by atoms with Crippen LogP contribution in [0.2, 0.25) is 0 Å². The number of hydrogen-bond donors (Lipinski definition) is 1. The molecule has 0 aromatic heterocycles.